The second-order valence-electron chi connectivity index (χ2n) is 10.9. The van der Waals surface area contributed by atoms with Gasteiger partial charge in [-0.2, -0.15) is 0 Å². The van der Waals surface area contributed by atoms with Gasteiger partial charge in [-0.15, -0.1) is 0 Å². The second-order valence-corrected chi connectivity index (χ2v) is 10.9. The number of aliphatic hydroxyl groups is 1. The molecule has 3 aliphatic carbocycles. The zero-order valence-corrected chi connectivity index (χ0v) is 19.3. The fourth-order valence-corrected chi connectivity index (χ4v) is 7.30. The van der Waals surface area contributed by atoms with Crippen LogP contribution in [0.15, 0.2) is 47.1 Å². The molecule has 0 radical (unpaired) electrons. The zero-order chi connectivity index (χ0) is 22.9. The van der Waals surface area contributed by atoms with Crippen molar-refractivity contribution in [3.63, 3.8) is 0 Å². The van der Waals surface area contributed by atoms with E-state index in [0.717, 1.165) is 30.6 Å². The van der Waals surface area contributed by atoms with Gasteiger partial charge in [-0.25, -0.2) is 4.79 Å². The molecule has 0 bridgehead atoms. The Morgan fingerprint density at radius 1 is 1.12 bits per heavy atom. The van der Waals surface area contributed by atoms with Gasteiger partial charge >= 0.3 is 5.97 Å². The highest BCUT2D eigenvalue weighted by Gasteiger charge is 2.73. The lowest BCUT2D eigenvalue weighted by molar-refractivity contribution is -0.271. The van der Waals surface area contributed by atoms with Crippen LogP contribution in [0.25, 0.3) is 0 Å². The lowest BCUT2D eigenvalue weighted by Gasteiger charge is -2.66. The standard InChI is InChI=1S/C27H32O5/c1-16-18-11-14-31-20(18)15-19-21(16)22(28)23(32-24(29)17-9-6-5-7-10-17)27(30)25(2,3)12-8-13-26(19,27)4/h5-7,9-11,14,16,19,21,23,30H,8,12-13,15H2,1-4H3/t16-,19-,21-,23+,26+,27+/m0/s1. The molecule has 5 nitrogen and oxygen atoms in total. The first kappa shape index (κ1) is 21.4. The van der Waals surface area contributed by atoms with Crippen LogP contribution >= 0.6 is 0 Å². The molecular formula is C27H32O5. The largest absolute Gasteiger partial charge is 0.469 e. The van der Waals surface area contributed by atoms with Crippen LogP contribution in [-0.2, 0) is 16.0 Å². The number of hydrogen-bond acceptors (Lipinski definition) is 5. The summed E-state index contributed by atoms with van der Waals surface area (Å²) in [6, 6.07) is 10.7. The molecule has 0 unspecified atom stereocenters. The molecule has 0 spiro atoms. The fourth-order valence-electron chi connectivity index (χ4n) is 7.30. The van der Waals surface area contributed by atoms with Crippen molar-refractivity contribution in [2.45, 2.75) is 71.0 Å². The maximum absolute atomic E-state index is 14.1. The molecule has 0 aliphatic heterocycles. The number of fused-ring (bicyclic) bond motifs is 4. The Morgan fingerprint density at radius 3 is 2.56 bits per heavy atom. The number of Topliss-reactive ketones (excluding diaryl/α,β-unsaturated/α-hetero) is 1. The van der Waals surface area contributed by atoms with Crippen molar-refractivity contribution in [2.24, 2.45) is 22.7 Å². The van der Waals surface area contributed by atoms with E-state index in [1.54, 1.807) is 30.5 Å². The monoisotopic (exact) mass is 436 g/mol. The number of carbonyl (C=O) groups is 2. The SMILES string of the molecule is C[C@H]1c2ccoc2C[C@H]2[C@H]1C(=O)[C@@H](OC(=O)c1ccccc1)[C@@]1(O)C(C)(C)CCC[C@]21C. The first-order valence-electron chi connectivity index (χ1n) is 11.7. The summed E-state index contributed by atoms with van der Waals surface area (Å²) >= 11 is 0. The number of hydrogen-bond donors (Lipinski definition) is 1. The summed E-state index contributed by atoms with van der Waals surface area (Å²) in [5.74, 6) is -0.258. The molecule has 0 amide bonds. The maximum atomic E-state index is 14.1. The number of benzene rings is 1. The minimum atomic E-state index is -1.47. The molecule has 32 heavy (non-hydrogen) atoms. The van der Waals surface area contributed by atoms with E-state index in [0.29, 0.717) is 12.0 Å². The average Bonchev–Trinajstić information content (AvgIpc) is 3.24. The predicted molar refractivity (Wildman–Crippen MR) is 119 cm³/mol. The van der Waals surface area contributed by atoms with Gasteiger partial charge in [0, 0.05) is 17.8 Å². The first-order chi connectivity index (χ1) is 15.1. The van der Waals surface area contributed by atoms with Crippen LogP contribution in [0, 0.1) is 22.7 Å². The second kappa shape index (κ2) is 7.05. The Bertz CT molecular complexity index is 1050. The molecule has 2 saturated carbocycles. The van der Waals surface area contributed by atoms with Gasteiger partial charge in [0.15, 0.2) is 11.9 Å². The first-order valence-corrected chi connectivity index (χ1v) is 11.7. The van der Waals surface area contributed by atoms with E-state index >= 15 is 0 Å². The van der Waals surface area contributed by atoms with Gasteiger partial charge in [-0.05, 0) is 53.9 Å². The summed E-state index contributed by atoms with van der Waals surface area (Å²) in [6.07, 6.45) is 3.62. The van der Waals surface area contributed by atoms with Gasteiger partial charge in [-0.3, -0.25) is 4.79 Å². The third kappa shape index (κ3) is 2.67. The molecule has 5 rings (SSSR count). The lowest BCUT2D eigenvalue weighted by Crippen LogP contribution is -2.75. The van der Waals surface area contributed by atoms with Crippen molar-refractivity contribution in [2.75, 3.05) is 0 Å². The van der Waals surface area contributed by atoms with Crippen LogP contribution in [0.1, 0.15) is 74.6 Å². The summed E-state index contributed by atoms with van der Waals surface area (Å²) in [6.45, 7) is 8.17. The summed E-state index contributed by atoms with van der Waals surface area (Å²) in [5.41, 5.74) is -1.21. The smallest absolute Gasteiger partial charge is 0.338 e. The number of carbonyl (C=O) groups excluding carboxylic acids is 2. The molecule has 1 heterocycles. The van der Waals surface area contributed by atoms with Crippen LogP contribution in [0.4, 0.5) is 0 Å². The van der Waals surface area contributed by atoms with Crippen LogP contribution in [0.5, 0.6) is 0 Å². The van der Waals surface area contributed by atoms with E-state index in [2.05, 4.69) is 13.8 Å². The van der Waals surface area contributed by atoms with E-state index in [9.17, 15) is 14.7 Å². The number of ketones is 1. The zero-order valence-electron chi connectivity index (χ0n) is 19.3. The molecule has 3 aliphatic rings. The fraction of sp³-hybridized carbons (Fsp3) is 0.556. The minimum Gasteiger partial charge on any atom is -0.469 e. The summed E-state index contributed by atoms with van der Waals surface area (Å²) in [7, 11) is 0. The van der Waals surface area contributed by atoms with Crippen molar-refractivity contribution in [3.05, 3.63) is 59.5 Å². The summed E-state index contributed by atoms with van der Waals surface area (Å²) < 4.78 is 11.8. The molecule has 0 saturated heterocycles. The number of rotatable bonds is 2. The van der Waals surface area contributed by atoms with Crippen molar-refractivity contribution >= 4 is 11.8 Å². The van der Waals surface area contributed by atoms with Crippen LogP contribution in [0.3, 0.4) is 0 Å². The minimum absolute atomic E-state index is 0.0562. The van der Waals surface area contributed by atoms with Crippen molar-refractivity contribution < 1.29 is 23.8 Å². The number of esters is 1. The van der Waals surface area contributed by atoms with E-state index in [-0.39, 0.29) is 23.5 Å². The Kier molecular flexibility index (Phi) is 4.72. The topological polar surface area (TPSA) is 76.7 Å². The molecule has 170 valence electrons. The van der Waals surface area contributed by atoms with E-state index in [1.807, 2.05) is 26.0 Å². The van der Waals surface area contributed by atoms with Crippen molar-refractivity contribution in [1.82, 2.24) is 0 Å². The molecule has 1 aromatic carbocycles. The maximum Gasteiger partial charge on any atom is 0.338 e. The highest BCUT2D eigenvalue weighted by Crippen LogP contribution is 2.66. The van der Waals surface area contributed by atoms with Gasteiger partial charge in [0.2, 0.25) is 0 Å². The molecule has 2 aromatic rings. The van der Waals surface area contributed by atoms with Crippen LogP contribution in [0.2, 0.25) is 0 Å². The van der Waals surface area contributed by atoms with Gasteiger partial charge in [0.25, 0.3) is 0 Å². The normalized spacial score (nSPS) is 37.7. The Balaban J connectivity index is 1.64. The van der Waals surface area contributed by atoms with E-state index in [1.165, 1.54) is 0 Å². The van der Waals surface area contributed by atoms with Crippen LogP contribution in [-0.4, -0.2) is 28.6 Å². The van der Waals surface area contributed by atoms with Crippen LogP contribution < -0.4 is 0 Å². The van der Waals surface area contributed by atoms with Gasteiger partial charge in [0.05, 0.1) is 11.8 Å². The quantitative estimate of drug-likeness (QED) is 0.676. The molecule has 6 atom stereocenters. The van der Waals surface area contributed by atoms with E-state index in [4.69, 9.17) is 9.15 Å². The van der Waals surface area contributed by atoms with E-state index < -0.39 is 28.5 Å². The summed E-state index contributed by atoms with van der Waals surface area (Å²) in [4.78, 5) is 27.2. The average molecular weight is 437 g/mol. The highest BCUT2D eigenvalue weighted by atomic mass is 16.6. The molecule has 2 fully saturated rings. The Hall–Kier alpha value is -2.40. The molecular weight excluding hydrogens is 404 g/mol. The predicted octanol–water partition coefficient (Wildman–Crippen LogP) is 4.93. The third-order valence-electron chi connectivity index (χ3n) is 9.07. The highest BCUT2D eigenvalue weighted by molar-refractivity contribution is 5.95. The van der Waals surface area contributed by atoms with Gasteiger partial charge in [-0.1, -0.05) is 52.3 Å². The van der Waals surface area contributed by atoms with Gasteiger partial charge in [0.1, 0.15) is 11.4 Å². The molecule has 5 heteroatoms. The number of furan rings is 1. The molecule has 1 aromatic heterocycles. The Labute approximate surface area is 189 Å². The number of ether oxygens (including phenoxy) is 1. The van der Waals surface area contributed by atoms with Crippen molar-refractivity contribution in [3.8, 4) is 0 Å². The Morgan fingerprint density at radius 2 is 1.84 bits per heavy atom. The van der Waals surface area contributed by atoms with Crippen molar-refractivity contribution in [1.29, 1.82) is 0 Å². The summed E-state index contributed by atoms with van der Waals surface area (Å²) in [5, 5.41) is 12.5. The molecule has 1 N–H and O–H groups in total. The lowest BCUT2D eigenvalue weighted by atomic mass is 9.40. The third-order valence-corrected chi connectivity index (χ3v) is 9.07. The van der Waals surface area contributed by atoms with Gasteiger partial charge < -0.3 is 14.3 Å².